The standard InChI is InChI=1S/C15H19N3O3/c1-10(15-11(2)17-21-12(15)3)16-9-8-13-6-4-5-7-14(13)18(19)20/h4-7,10,16H,8-9H2,1-3H3. The zero-order valence-corrected chi connectivity index (χ0v) is 12.4. The van der Waals surface area contributed by atoms with Gasteiger partial charge in [-0.2, -0.15) is 0 Å². The summed E-state index contributed by atoms with van der Waals surface area (Å²) in [5, 5.41) is 18.3. The number of hydrogen-bond donors (Lipinski definition) is 1. The van der Waals surface area contributed by atoms with Gasteiger partial charge in [0.1, 0.15) is 5.76 Å². The van der Waals surface area contributed by atoms with Gasteiger partial charge in [-0.05, 0) is 33.7 Å². The summed E-state index contributed by atoms with van der Waals surface area (Å²) in [6.07, 6.45) is 0.602. The number of hydrogen-bond acceptors (Lipinski definition) is 5. The van der Waals surface area contributed by atoms with Gasteiger partial charge in [0.2, 0.25) is 0 Å². The van der Waals surface area contributed by atoms with Crippen molar-refractivity contribution in [3.63, 3.8) is 0 Å². The molecule has 112 valence electrons. The van der Waals surface area contributed by atoms with Crippen molar-refractivity contribution >= 4 is 5.69 Å². The molecule has 0 bridgehead atoms. The maximum absolute atomic E-state index is 11.0. The molecule has 21 heavy (non-hydrogen) atoms. The molecule has 1 N–H and O–H groups in total. The summed E-state index contributed by atoms with van der Waals surface area (Å²) in [4.78, 5) is 10.6. The topological polar surface area (TPSA) is 81.2 Å². The van der Waals surface area contributed by atoms with E-state index < -0.39 is 0 Å². The number of rotatable bonds is 6. The maximum atomic E-state index is 11.0. The van der Waals surface area contributed by atoms with Crippen LogP contribution in [0.2, 0.25) is 0 Å². The number of nitro groups is 1. The van der Waals surface area contributed by atoms with Crippen LogP contribution in [0.25, 0.3) is 0 Å². The number of para-hydroxylation sites is 1. The first-order chi connectivity index (χ1) is 10.0. The Morgan fingerprint density at radius 3 is 2.71 bits per heavy atom. The molecule has 2 aromatic rings. The average molecular weight is 289 g/mol. The molecule has 1 aromatic carbocycles. The zero-order valence-electron chi connectivity index (χ0n) is 12.4. The van der Waals surface area contributed by atoms with Crippen LogP contribution in [0.15, 0.2) is 28.8 Å². The lowest BCUT2D eigenvalue weighted by Crippen LogP contribution is -2.22. The Morgan fingerprint density at radius 2 is 2.10 bits per heavy atom. The van der Waals surface area contributed by atoms with Gasteiger partial charge >= 0.3 is 0 Å². The molecule has 6 nitrogen and oxygen atoms in total. The smallest absolute Gasteiger partial charge is 0.272 e. The van der Waals surface area contributed by atoms with Crippen molar-refractivity contribution in [1.29, 1.82) is 0 Å². The third kappa shape index (κ3) is 3.46. The van der Waals surface area contributed by atoms with E-state index in [1.807, 2.05) is 26.8 Å². The molecule has 1 heterocycles. The minimum absolute atomic E-state index is 0.0963. The fraction of sp³-hybridized carbons (Fsp3) is 0.400. The highest BCUT2D eigenvalue weighted by Gasteiger charge is 2.16. The maximum Gasteiger partial charge on any atom is 0.272 e. The van der Waals surface area contributed by atoms with Crippen molar-refractivity contribution in [3.05, 3.63) is 57.0 Å². The molecule has 2 rings (SSSR count). The average Bonchev–Trinajstić information content (AvgIpc) is 2.78. The van der Waals surface area contributed by atoms with Crippen molar-refractivity contribution < 1.29 is 9.45 Å². The van der Waals surface area contributed by atoms with Gasteiger partial charge in [0, 0.05) is 23.2 Å². The van der Waals surface area contributed by atoms with Gasteiger partial charge in [0.15, 0.2) is 0 Å². The lowest BCUT2D eigenvalue weighted by atomic mass is 10.1. The summed E-state index contributed by atoms with van der Waals surface area (Å²) >= 11 is 0. The fourth-order valence-electron chi connectivity index (χ4n) is 2.53. The minimum atomic E-state index is -0.340. The first-order valence-electron chi connectivity index (χ1n) is 6.89. The Kier molecular flexibility index (Phi) is 4.70. The van der Waals surface area contributed by atoms with E-state index in [0.29, 0.717) is 13.0 Å². The number of benzene rings is 1. The molecule has 1 atom stereocenters. The second kappa shape index (κ2) is 6.49. The summed E-state index contributed by atoms with van der Waals surface area (Å²) in [6.45, 7) is 6.48. The van der Waals surface area contributed by atoms with Crippen LogP contribution in [0.1, 0.15) is 35.5 Å². The van der Waals surface area contributed by atoms with Crippen molar-refractivity contribution in [2.24, 2.45) is 0 Å². The van der Waals surface area contributed by atoms with Gasteiger partial charge in [-0.15, -0.1) is 0 Å². The Bertz CT molecular complexity index is 617. The summed E-state index contributed by atoms with van der Waals surface area (Å²) in [5.74, 6) is 0.804. The second-order valence-electron chi connectivity index (χ2n) is 5.05. The van der Waals surface area contributed by atoms with Crippen LogP contribution < -0.4 is 5.32 Å². The highest BCUT2D eigenvalue weighted by atomic mass is 16.6. The van der Waals surface area contributed by atoms with Crippen LogP contribution in [0, 0.1) is 24.0 Å². The van der Waals surface area contributed by atoms with Crippen molar-refractivity contribution in [2.45, 2.75) is 33.2 Å². The van der Waals surface area contributed by atoms with Gasteiger partial charge in [0.05, 0.1) is 10.6 Å². The molecular formula is C15H19N3O3. The van der Waals surface area contributed by atoms with Crippen LogP contribution in [0.3, 0.4) is 0 Å². The van der Waals surface area contributed by atoms with Gasteiger partial charge in [-0.25, -0.2) is 0 Å². The number of nitro benzene ring substituents is 1. The number of nitrogens with zero attached hydrogens (tertiary/aromatic N) is 2. The first kappa shape index (κ1) is 15.2. The lowest BCUT2D eigenvalue weighted by Gasteiger charge is -2.13. The third-order valence-electron chi connectivity index (χ3n) is 3.55. The van der Waals surface area contributed by atoms with E-state index in [1.165, 1.54) is 6.07 Å². The van der Waals surface area contributed by atoms with Crippen molar-refractivity contribution in [3.8, 4) is 0 Å². The normalized spacial score (nSPS) is 12.3. The number of aryl methyl sites for hydroxylation is 2. The molecule has 0 spiro atoms. The highest BCUT2D eigenvalue weighted by molar-refractivity contribution is 5.39. The molecule has 0 saturated carbocycles. The third-order valence-corrected chi connectivity index (χ3v) is 3.55. The van der Waals surface area contributed by atoms with Crippen LogP contribution >= 0.6 is 0 Å². The Hall–Kier alpha value is -2.21. The summed E-state index contributed by atoms with van der Waals surface area (Å²) in [6, 6.07) is 6.92. The lowest BCUT2D eigenvalue weighted by molar-refractivity contribution is -0.385. The van der Waals surface area contributed by atoms with Crippen LogP contribution in [0.4, 0.5) is 5.69 Å². The highest BCUT2D eigenvalue weighted by Crippen LogP contribution is 2.21. The first-order valence-corrected chi connectivity index (χ1v) is 6.89. The second-order valence-corrected chi connectivity index (χ2v) is 5.05. The Morgan fingerprint density at radius 1 is 1.38 bits per heavy atom. The van der Waals surface area contributed by atoms with Crippen molar-refractivity contribution in [1.82, 2.24) is 10.5 Å². The van der Waals surface area contributed by atoms with E-state index in [1.54, 1.807) is 12.1 Å². The summed E-state index contributed by atoms with van der Waals surface area (Å²) in [5.41, 5.74) is 2.83. The van der Waals surface area contributed by atoms with E-state index in [2.05, 4.69) is 10.5 Å². The zero-order chi connectivity index (χ0) is 15.4. The Balaban J connectivity index is 1.98. The van der Waals surface area contributed by atoms with E-state index >= 15 is 0 Å². The predicted octanol–water partition coefficient (Wildman–Crippen LogP) is 3.09. The molecule has 1 unspecified atom stereocenters. The molecule has 0 aliphatic heterocycles. The van der Waals surface area contributed by atoms with Gasteiger partial charge in [-0.1, -0.05) is 23.4 Å². The number of aromatic nitrogens is 1. The molecule has 0 fully saturated rings. The fourth-order valence-corrected chi connectivity index (χ4v) is 2.53. The monoisotopic (exact) mass is 289 g/mol. The summed E-state index contributed by atoms with van der Waals surface area (Å²) in [7, 11) is 0. The molecule has 0 radical (unpaired) electrons. The largest absolute Gasteiger partial charge is 0.361 e. The van der Waals surface area contributed by atoms with Gasteiger partial charge < -0.3 is 9.84 Å². The quantitative estimate of drug-likeness (QED) is 0.652. The van der Waals surface area contributed by atoms with Crippen LogP contribution in [-0.4, -0.2) is 16.6 Å². The summed E-state index contributed by atoms with van der Waals surface area (Å²) < 4.78 is 5.15. The van der Waals surface area contributed by atoms with Crippen LogP contribution in [-0.2, 0) is 6.42 Å². The SMILES string of the molecule is Cc1noc(C)c1C(C)NCCc1ccccc1[N+](=O)[O-]. The molecule has 0 amide bonds. The Labute approximate surface area is 123 Å². The van der Waals surface area contributed by atoms with Crippen molar-refractivity contribution in [2.75, 3.05) is 6.54 Å². The number of nitrogens with one attached hydrogen (secondary N) is 1. The molecule has 1 aromatic heterocycles. The van der Waals surface area contributed by atoms with Gasteiger partial charge in [-0.3, -0.25) is 10.1 Å². The van der Waals surface area contributed by atoms with Crippen LogP contribution in [0.5, 0.6) is 0 Å². The van der Waals surface area contributed by atoms with E-state index in [9.17, 15) is 10.1 Å². The molecule has 0 aliphatic carbocycles. The minimum Gasteiger partial charge on any atom is -0.361 e. The van der Waals surface area contributed by atoms with E-state index in [-0.39, 0.29) is 16.7 Å². The van der Waals surface area contributed by atoms with E-state index in [4.69, 9.17) is 4.52 Å². The predicted molar refractivity (Wildman–Crippen MR) is 79.2 cm³/mol. The van der Waals surface area contributed by atoms with E-state index in [0.717, 1.165) is 22.6 Å². The molecular weight excluding hydrogens is 270 g/mol. The van der Waals surface area contributed by atoms with Gasteiger partial charge in [0.25, 0.3) is 5.69 Å². The molecule has 6 heteroatoms. The molecule has 0 aliphatic rings. The molecule has 0 saturated heterocycles.